The molecule has 0 radical (unpaired) electrons. The predicted molar refractivity (Wildman–Crippen MR) is 94.1 cm³/mol. The van der Waals surface area contributed by atoms with Crippen LogP contribution in [0.2, 0.25) is 10.0 Å². The van der Waals surface area contributed by atoms with Crippen LogP contribution in [-0.2, 0) is 11.2 Å². The number of carbonyl (C=O) groups is 1. The molecule has 7 heteroatoms. The molecule has 0 saturated carbocycles. The lowest BCUT2D eigenvalue weighted by Gasteiger charge is -2.23. The zero-order chi connectivity index (χ0) is 17.1. The molecule has 1 atom stereocenters. The molecule has 1 aliphatic rings. The number of oxazole rings is 1. The van der Waals surface area contributed by atoms with Gasteiger partial charge in [-0.15, -0.1) is 0 Å². The van der Waals surface area contributed by atoms with E-state index in [9.17, 15) is 4.79 Å². The summed E-state index contributed by atoms with van der Waals surface area (Å²) in [6, 6.07) is 5.36. The van der Waals surface area contributed by atoms with Gasteiger partial charge in [0.25, 0.3) is 0 Å². The molecular weight excluding hydrogens is 349 g/mol. The van der Waals surface area contributed by atoms with Crippen LogP contribution in [0.15, 0.2) is 28.8 Å². The van der Waals surface area contributed by atoms with E-state index in [4.69, 9.17) is 33.4 Å². The number of amides is 1. The monoisotopic (exact) mass is 367 g/mol. The van der Waals surface area contributed by atoms with E-state index in [1.54, 1.807) is 24.4 Å². The van der Waals surface area contributed by atoms with Gasteiger partial charge in [0.2, 0.25) is 5.91 Å². The van der Waals surface area contributed by atoms with Gasteiger partial charge in [-0.3, -0.25) is 4.79 Å². The molecule has 0 spiro atoms. The van der Waals surface area contributed by atoms with Crippen molar-refractivity contribution in [3.8, 4) is 11.3 Å². The smallest absolute Gasteiger partial charge is 0.223 e. The molecule has 1 fully saturated rings. The maximum Gasteiger partial charge on any atom is 0.223 e. The van der Waals surface area contributed by atoms with Gasteiger partial charge in [0.05, 0.1) is 11.2 Å². The molecule has 2 N–H and O–H groups in total. The van der Waals surface area contributed by atoms with Crippen LogP contribution >= 0.6 is 23.2 Å². The van der Waals surface area contributed by atoms with Crippen molar-refractivity contribution in [2.24, 2.45) is 5.73 Å². The lowest BCUT2D eigenvalue weighted by molar-refractivity contribution is -0.131. The molecule has 1 aromatic carbocycles. The van der Waals surface area contributed by atoms with Crippen molar-refractivity contribution >= 4 is 29.1 Å². The first-order valence-corrected chi connectivity index (χ1v) is 8.73. The molecule has 0 bridgehead atoms. The van der Waals surface area contributed by atoms with Crippen LogP contribution in [0.5, 0.6) is 0 Å². The van der Waals surface area contributed by atoms with Crippen LogP contribution in [0.4, 0.5) is 0 Å². The van der Waals surface area contributed by atoms with Gasteiger partial charge in [-0.05, 0) is 31.0 Å². The SMILES string of the molecule is NCC1CCCN1C(=O)CCc1ncc(-c2ccc(Cl)cc2Cl)o1. The molecule has 1 aliphatic heterocycles. The van der Waals surface area contributed by atoms with Crippen molar-refractivity contribution < 1.29 is 9.21 Å². The minimum atomic E-state index is 0.104. The molecular formula is C17H19Cl2N3O2. The largest absolute Gasteiger partial charge is 0.441 e. The summed E-state index contributed by atoms with van der Waals surface area (Å²) in [5.74, 6) is 1.19. The Labute approximate surface area is 150 Å². The number of aromatic nitrogens is 1. The van der Waals surface area contributed by atoms with Crippen molar-refractivity contribution in [2.75, 3.05) is 13.1 Å². The summed E-state index contributed by atoms with van der Waals surface area (Å²) in [6.07, 6.45) is 4.45. The van der Waals surface area contributed by atoms with Crippen molar-refractivity contribution in [3.63, 3.8) is 0 Å². The van der Waals surface area contributed by atoms with E-state index in [-0.39, 0.29) is 11.9 Å². The van der Waals surface area contributed by atoms with Crippen molar-refractivity contribution in [1.82, 2.24) is 9.88 Å². The third kappa shape index (κ3) is 3.74. The Morgan fingerprint density at radius 3 is 3.00 bits per heavy atom. The standard InChI is InChI=1S/C17H19Cl2N3O2/c18-11-3-4-13(14(19)8-11)15-10-21-16(24-15)5-6-17(23)22-7-1-2-12(22)9-20/h3-4,8,10,12H,1-2,5-7,9,20H2. The lowest BCUT2D eigenvalue weighted by atomic mass is 10.2. The normalized spacial score (nSPS) is 17.5. The molecule has 1 unspecified atom stereocenters. The van der Waals surface area contributed by atoms with Crippen LogP contribution in [0.25, 0.3) is 11.3 Å². The van der Waals surface area contributed by atoms with Crippen LogP contribution in [-0.4, -0.2) is 34.9 Å². The van der Waals surface area contributed by atoms with Crippen molar-refractivity contribution in [2.45, 2.75) is 31.7 Å². The summed E-state index contributed by atoms with van der Waals surface area (Å²) in [7, 11) is 0. The Kier molecular flexibility index (Phi) is 5.43. The summed E-state index contributed by atoms with van der Waals surface area (Å²) >= 11 is 12.1. The molecule has 128 valence electrons. The van der Waals surface area contributed by atoms with Crippen LogP contribution in [0.1, 0.15) is 25.2 Å². The Balaban J connectivity index is 1.63. The summed E-state index contributed by atoms with van der Waals surface area (Å²) in [5.41, 5.74) is 6.45. The highest BCUT2D eigenvalue weighted by Crippen LogP contribution is 2.31. The molecule has 1 aromatic heterocycles. The zero-order valence-electron chi connectivity index (χ0n) is 13.2. The number of rotatable bonds is 5. The number of benzene rings is 1. The van der Waals surface area contributed by atoms with Gasteiger partial charge >= 0.3 is 0 Å². The van der Waals surface area contributed by atoms with Gasteiger partial charge < -0.3 is 15.1 Å². The highest BCUT2D eigenvalue weighted by atomic mass is 35.5. The molecule has 2 heterocycles. The third-order valence-electron chi connectivity index (χ3n) is 4.27. The number of aryl methyl sites for hydroxylation is 1. The second kappa shape index (κ2) is 7.55. The minimum Gasteiger partial charge on any atom is -0.441 e. The summed E-state index contributed by atoms with van der Waals surface area (Å²) in [5, 5.41) is 1.07. The highest BCUT2D eigenvalue weighted by molar-refractivity contribution is 6.36. The van der Waals surface area contributed by atoms with Crippen molar-refractivity contribution in [3.05, 3.63) is 40.3 Å². The van der Waals surface area contributed by atoms with Gasteiger partial charge in [0.15, 0.2) is 11.7 Å². The molecule has 1 amide bonds. The second-order valence-corrected chi connectivity index (χ2v) is 6.70. The molecule has 0 aliphatic carbocycles. The maximum atomic E-state index is 12.3. The average molecular weight is 368 g/mol. The number of nitrogens with zero attached hydrogens (tertiary/aromatic N) is 2. The lowest BCUT2D eigenvalue weighted by Crippen LogP contribution is -2.40. The van der Waals surface area contributed by atoms with Gasteiger partial charge in [-0.1, -0.05) is 23.2 Å². The van der Waals surface area contributed by atoms with E-state index in [0.717, 1.165) is 24.9 Å². The fourth-order valence-electron chi connectivity index (χ4n) is 3.01. The zero-order valence-corrected chi connectivity index (χ0v) is 14.7. The first-order chi connectivity index (χ1) is 11.6. The molecule has 5 nitrogen and oxygen atoms in total. The molecule has 3 rings (SSSR count). The molecule has 24 heavy (non-hydrogen) atoms. The van der Waals surface area contributed by atoms with Crippen LogP contribution in [0, 0.1) is 0 Å². The predicted octanol–water partition coefficient (Wildman–Crippen LogP) is 3.53. The highest BCUT2D eigenvalue weighted by Gasteiger charge is 2.27. The Hall–Kier alpha value is -1.56. The van der Waals surface area contributed by atoms with E-state index >= 15 is 0 Å². The maximum absolute atomic E-state index is 12.3. The molecule has 2 aromatic rings. The fourth-order valence-corrected chi connectivity index (χ4v) is 3.51. The van der Waals surface area contributed by atoms with Gasteiger partial charge in [-0.2, -0.15) is 0 Å². The minimum absolute atomic E-state index is 0.104. The number of likely N-dealkylation sites (tertiary alicyclic amines) is 1. The van der Waals surface area contributed by atoms with E-state index < -0.39 is 0 Å². The van der Waals surface area contributed by atoms with E-state index in [0.29, 0.717) is 41.1 Å². The Bertz CT molecular complexity index is 732. The third-order valence-corrected chi connectivity index (χ3v) is 4.82. The first-order valence-electron chi connectivity index (χ1n) is 7.98. The quantitative estimate of drug-likeness (QED) is 0.876. The van der Waals surface area contributed by atoms with Gasteiger partial charge in [-0.25, -0.2) is 4.98 Å². The van der Waals surface area contributed by atoms with E-state index in [1.807, 2.05) is 4.90 Å². The topological polar surface area (TPSA) is 72.4 Å². The number of hydrogen-bond donors (Lipinski definition) is 1. The fraction of sp³-hybridized carbons (Fsp3) is 0.412. The number of halogens is 2. The van der Waals surface area contributed by atoms with Crippen LogP contribution in [0.3, 0.4) is 0 Å². The Morgan fingerprint density at radius 1 is 1.42 bits per heavy atom. The molecule has 1 saturated heterocycles. The van der Waals surface area contributed by atoms with Crippen LogP contribution < -0.4 is 5.73 Å². The number of hydrogen-bond acceptors (Lipinski definition) is 4. The van der Waals surface area contributed by atoms with E-state index in [1.165, 1.54) is 0 Å². The van der Waals surface area contributed by atoms with Gasteiger partial charge in [0.1, 0.15) is 0 Å². The van der Waals surface area contributed by atoms with E-state index in [2.05, 4.69) is 4.98 Å². The summed E-state index contributed by atoms with van der Waals surface area (Å²) < 4.78 is 5.72. The average Bonchev–Trinajstić information content (AvgIpc) is 3.21. The van der Waals surface area contributed by atoms with Gasteiger partial charge in [0, 0.05) is 42.6 Å². The Morgan fingerprint density at radius 2 is 2.25 bits per heavy atom. The number of nitrogens with two attached hydrogens (primary N) is 1. The number of carbonyl (C=O) groups excluding carboxylic acids is 1. The summed E-state index contributed by atoms with van der Waals surface area (Å²) in [6.45, 7) is 1.31. The first kappa shape index (κ1) is 17.3. The van der Waals surface area contributed by atoms with Crippen molar-refractivity contribution in [1.29, 1.82) is 0 Å². The summed E-state index contributed by atoms with van der Waals surface area (Å²) in [4.78, 5) is 18.4. The second-order valence-electron chi connectivity index (χ2n) is 5.86.